The van der Waals surface area contributed by atoms with Crippen LogP contribution in [0.3, 0.4) is 0 Å². The number of fused-ring (bicyclic) bond motifs is 1. The van der Waals surface area contributed by atoms with Crippen molar-refractivity contribution in [1.29, 1.82) is 0 Å². The Kier molecular flexibility index (Phi) is 6.14. The van der Waals surface area contributed by atoms with E-state index in [0.717, 1.165) is 61.3 Å². The molecule has 2 atom stereocenters. The van der Waals surface area contributed by atoms with Crippen LogP contribution in [0.15, 0.2) is 30.6 Å². The van der Waals surface area contributed by atoms with Crippen molar-refractivity contribution in [1.82, 2.24) is 24.3 Å². The molecule has 0 radical (unpaired) electrons. The number of anilines is 1. The highest BCUT2D eigenvalue weighted by atomic mass is 16.5. The predicted molar refractivity (Wildman–Crippen MR) is 131 cm³/mol. The maximum Gasteiger partial charge on any atom is 0.228 e. The summed E-state index contributed by atoms with van der Waals surface area (Å²) in [4.78, 5) is 26.5. The van der Waals surface area contributed by atoms with E-state index in [9.17, 15) is 4.79 Å². The molecular weight excluding hydrogens is 432 g/mol. The summed E-state index contributed by atoms with van der Waals surface area (Å²) >= 11 is 0. The molecule has 3 aromatic heterocycles. The van der Waals surface area contributed by atoms with Crippen LogP contribution in [0.5, 0.6) is 11.6 Å². The van der Waals surface area contributed by atoms with Crippen molar-refractivity contribution in [2.24, 2.45) is 18.9 Å². The minimum Gasteiger partial charge on any atom is -0.496 e. The standard InChI is InChI=1S/C25H32N6O3/c1-29-7-9-31(10-8-29)15-17-11-18(17)24(32)28-22-13-16-12-19(30(2)20(16)14-27-22)23-21(33-3)5-6-26-25(23)34-4/h5-6,12-14,17-18H,7-11,15H2,1-4H3,(H,27,28,32). The maximum atomic E-state index is 12.9. The average Bonchev–Trinajstić information content (AvgIpc) is 3.55. The lowest BCUT2D eigenvalue weighted by molar-refractivity contribution is -0.117. The summed E-state index contributed by atoms with van der Waals surface area (Å²) < 4.78 is 13.1. The number of carbonyl (C=O) groups excluding carboxylic acids is 1. The fourth-order valence-corrected chi connectivity index (χ4v) is 4.88. The van der Waals surface area contributed by atoms with Crippen molar-refractivity contribution in [2.75, 3.05) is 59.3 Å². The van der Waals surface area contributed by atoms with E-state index in [2.05, 4.69) is 32.1 Å². The number of pyridine rings is 2. The zero-order valence-electron chi connectivity index (χ0n) is 20.2. The second kappa shape index (κ2) is 9.23. The second-order valence-electron chi connectivity index (χ2n) is 9.31. The molecule has 0 aromatic carbocycles. The average molecular weight is 465 g/mol. The normalized spacial score (nSPS) is 20.9. The van der Waals surface area contributed by atoms with E-state index in [4.69, 9.17) is 9.47 Å². The van der Waals surface area contributed by atoms with Crippen molar-refractivity contribution in [3.63, 3.8) is 0 Å². The second-order valence-corrected chi connectivity index (χ2v) is 9.31. The van der Waals surface area contributed by atoms with Crippen molar-refractivity contribution in [3.8, 4) is 22.9 Å². The lowest BCUT2D eigenvalue weighted by Crippen LogP contribution is -2.45. The summed E-state index contributed by atoms with van der Waals surface area (Å²) in [7, 11) is 7.35. The van der Waals surface area contributed by atoms with Gasteiger partial charge >= 0.3 is 0 Å². The first-order chi connectivity index (χ1) is 16.5. The summed E-state index contributed by atoms with van der Waals surface area (Å²) in [6, 6.07) is 5.78. The lowest BCUT2D eigenvalue weighted by Gasteiger charge is -2.32. The van der Waals surface area contributed by atoms with Crippen LogP contribution in [0.2, 0.25) is 0 Å². The minimum atomic E-state index is 0.0673. The first kappa shape index (κ1) is 22.6. The molecule has 2 aliphatic rings. The molecule has 0 bridgehead atoms. The van der Waals surface area contributed by atoms with E-state index in [0.29, 0.717) is 23.4 Å². The Balaban J connectivity index is 1.31. The molecule has 2 unspecified atom stereocenters. The van der Waals surface area contributed by atoms with Crippen LogP contribution in [-0.2, 0) is 11.8 Å². The largest absolute Gasteiger partial charge is 0.496 e. The highest BCUT2D eigenvalue weighted by molar-refractivity contribution is 5.96. The van der Waals surface area contributed by atoms with Gasteiger partial charge in [0.1, 0.15) is 17.1 Å². The molecule has 0 spiro atoms. The van der Waals surface area contributed by atoms with E-state index in [-0.39, 0.29) is 11.8 Å². The van der Waals surface area contributed by atoms with Gasteiger partial charge in [0.15, 0.2) is 0 Å². The van der Waals surface area contributed by atoms with E-state index in [1.54, 1.807) is 26.6 Å². The monoisotopic (exact) mass is 464 g/mol. The summed E-state index contributed by atoms with van der Waals surface area (Å²) in [6.07, 6.45) is 4.41. The molecule has 4 heterocycles. The number of hydrogen-bond donors (Lipinski definition) is 1. The number of nitrogens with one attached hydrogen (secondary N) is 1. The number of aromatic nitrogens is 3. The van der Waals surface area contributed by atoms with Crippen LogP contribution in [-0.4, -0.2) is 84.2 Å². The van der Waals surface area contributed by atoms with Gasteiger partial charge in [-0.3, -0.25) is 4.79 Å². The quantitative estimate of drug-likeness (QED) is 0.575. The van der Waals surface area contributed by atoms with Crippen LogP contribution in [0.25, 0.3) is 22.2 Å². The fourth-order valence-electron chi connectivity index (χ4n) is 4.88. The number of carbonyl (C=O) groups is 1. The molecule has 180 valence electrons. The third kappa shape index (κ3) is 4.33. The van der Waals surface area contributed by atoms with Crippen molar-refractivity contribution < 1.29 is 14.3 Å². The first-order valence-electron chi connectivity index (χ1n) is 11.7. The Morgan fingerprint density at radius 1 is 1.12 bits per heavy atom. The Hall–Kier alpha value is -3.17. The number of aryl methyl sites for hydroxylation is 1. The minimum absolute atomic E-state index is 0.0673. The molecule has 1 N–H and O–H groups in total. The highest BCUT2D eigenvalue weighted by Crippen LogP contribution is 2.41. The van der Waals surface area contributed by atoms with Crippen LogP contribution < -0.4 is 14.8 Å². The SMILES string of the molecule is COc1ccnc(OC)c1-c1cc2cc(NC(=O)C3CC3CN3CCN(C)CC3)ncc2n1C. The Labute approximate surface area is 199 Å². The molecule has 3 aromatic rings. The van der Waals surface area contributed by atoms with E-state index < -0.39 is 0 Å². The summed E-state index contributed by atoms with van der Waals surface area (Å²) in [5.74, 6) is 2.34. The van der Waals surface area contributed by atoms with E-state index >= 15 is 0 Å². The molecule has 1 aliphatic carbocycles. The Bertz CT molecular complexity index is 1180. The zero-order chi connectivity index (χ0) is 23.8. The van der Waals surface area contributed by atoms with Crippen LogP contribution in [0.1, 0.15) is 6.42 Å². The highest BCUT2D eigenvalue weighted by Gasteiger charge is 2.44. The number of piperazine rings is 1. The van der Waals surface area contributed by atoms with Gasteiger partial charge in [0, 0.05) is 57.3 Å². The van der Waals surface area contributed by atoms with E-state index in [1.807, 2.05) is 29.8 Å². The number of amides is 1. The number of rotatable bonds is 7. The molecule has 1 amide bonds. The van der Waals surface area contributed by atoms with Crippen LogP contribution >= 0.6 is 0 Å². The molecule has 2 fully saturated rings. The molecule has 9 nitrogen and oxygen atoms in total. The Morgan fingerprint density at radius 3 is 2.65 bits per heavy atom. The summed E-state index contributed by atoms with van der Waals surface area (Å²) in [6.45, 7) is 5.38. The third-order valence-corrected chi connectivity index (χ3v) is 7.08. The number of hydrogen-bond acceptors (Lipinski definition) is 7. The van der Waals surface area contributed by atoms with E-state index in [1.165, 1.54) is 0 Å². The number of ether oxygens (including phenoxy) is 2. The lowest BCUT2D eigenvalue weighted by atomic mass is 10.1. The van der Waals surface area contributed by atoms with Gasteiger partial charge in [0.05, 0.1) is 31.6 Å². The topological polar surface area (TPSA) is 84.8 Å². The molecule has 1 saturated heterocycles. The van der Waals surface area contributed by atoms with Gasteiger partial charge in [-0.1, -0.05) is 0 Å². The van der Waals surface area contributed by atoms with Gasteiger partial charge in [-0.05, 0) is 37.6 Å². The van der Waals surface area contributed by atoms with Crippen molar-refractivity contribution in [3.05, 3.63) is 30.6 Å². The molecular formula is C25H32N6O3. The van der Waals surface area contributed by atoms with Gasteiger partial charge in [-0.25, -0.2) is 9.97 Å². The number of methoxy groups -OCH3 is 2. The number of nitrogens with zero attached hydrogens (tertiary/aromatic N) is 5. The molecule has 1 aliphatic heterocycles. The molecule has 9 heteroatoms. The summed E-state index contributed by atoms with van der Waals surface area (Å²) in [5, 5.41) is 4.01. The van der Waals surface area contributed by atoms with Gasteiger partial charge in [-0.2, -0.15) is 0 Å². The number of likely N-dealkylation sites (N-methyl/N-ethyl adjacent to an activating group) is 1. The van der Waals surface area contributed by atoms with Gasteiger partial charge in [0.25, 0.3) is 0 Å². The first-order valence-corrected chi connectivity index (χ1v) is 11.7. The van der Waals surface area contributed by atoms with Crippen molar-refractivity contribution in [2.45, 2.75) is 6.42 Å². The molecule has 34 heavy (non-hydrogen) atoms. The molecule has 5 rings (SSSR count). The van der Waals surface area contributed by atoms with Crippen LogP contribution in [0.4, 0.5) is 5.82 Å². The fraction of sp³-hybridized carbons (Fsp3) is 0.480. The Morgan fingerprint density at radius 2 is 1.91 bits per heavy atom. The van der Waals surface area contributed by atoms with Crippen LogP contribution in [0, 0.1) is 11.8 Å². The smallest absolute Gasteiger partial charge is 0.228 e. The predicted octanol–water partition coefficient (Wildman–Crippen LogP) is 2.47. The maximum absolute atomic E-state index is 12.9. The zero-order valence-corrected chi connectivity index (χ0v) is 20.2. The van der Waals surface area contributed by atoms with Crippen molar-refractivity contribution >= 4 is 22.6 Å². The van der Waals surface area contributed by atoms with Gasteiger partial charge in [0.2, 0.25) is 11.8 Å². The third-order valence-electron chi connectivity index (χ3n) is 7.08. The summed E-state index contributed by atoms with van der Waals surface area (Å²) in [5.41, 5.74) is 2.62. The molecule has 1 saturated carbocycles. The van der Waals surface area contributed by atoms with Gasteiger partial charge < -0.3 is 29.2 Å². The van der Waals surface area contributed by atoms with Gasteiger partial charge in [-0.15, -0.1) is 0 Å².